The molecule has 3 nitrogen and oxygen atoms in total. The van der Waals surface area contributed by atoms with Gasteiger partial charge < -0.3 is 10.6 Å². The summed E-state index contributed by atoms with van der Waals surface area (Å²) in [6.07, 6.45) is 2.83. The van der Waals surface area contributed by atoms with Gasteiger partial charge in [0.15, 0.2) is 0 Å². The summed E-state index contributed by atoms with van der Waals surface area (Å²) in [5, 5.41) is 0.608. The van der Waals surface area contributed by atoms with Crippen LogP contribution < -0.4 is 5.73 Å². The number of carbonyl (C=O) groups is 1. The number of rotatable bonds is 5. The topological polar surface area (TPSA) is 46.3 Å². The smallest absolute Gasteiger partial charge is 0.230 e. The van der Waals surface area contributed by atoms with Gasteiger partial charge in [-0.25, -0.2) is 0 Å². The fourth-order valence-corrected chi connectivity index (χ4v) is 3.59. The van der Waals surface area contributed by atoms with Crippen molar-refractivity contribution in [3.63, 3.8) is 0 Å². The van der Waals surface area contributed by atoms with Gasteiger partial charge in [-0.15, -0.1) is 12.4 Å². The highest BCUT2D eigenvalue weighted by molar-refractivity contribution is 8.00. The zero-order chi connectivity index (χ0) is 12.9. The van der Waals surface area contributed by atoms with Crippen LogP contribution >= 0.6 is 24.2 Å². The van der Waals surface area contributed by atoms with Gasteiger partial charge in [-0.05, 0) is 19.3 Å². The largest absolute Gasteiger partial charge is 0.340 e. The predicted molar refractivity (Wildman–Crippen MR) is 82.4 cm³/mol. The molecular weight excluding hydrogens is 268 g/mol. The monoisotopic (exact) mass is 294 g/mol. The number of carbonyl (C=O) groups excluding carboxylic acids is 1. The van der Waals surface area contributed by atoms with Crippen LogP contribution in [0.15, 0.2) is 0 Å². The van der Waals surface area contributed by atoms with Gasteiger partial charge in [-0.2, -0.15) is 11.8 Å². The SMILES string of the molecule is CCC1CN(C(=O)C(CC)(CC)CN)CCS1.Cl. The van der Waals surface area contributed by atoms with Crippen molar-refractivity contribution in [2.75, 3.05) is 25.4 Å². The molecular formula is C13H27ClN2OS. The average Bonchev–Trinajstić information content (AvgIpc) is 2.41. The molecule has 1 atom stereocenters. The fraction of sp³-hybridized carbons (Fsp3) is 0.923. The second-order valence-electron chi connectivity index (χ2n) is 4.84. The summed E-state index contributed by atoms with van der Waals surface area (Å²) >= 11 is 1.99. The Morgan fingerprint density at radius 1 is 1.39 bits per heavy atom. The van der Waals surface area contributed by atoms with Crippen LogP contribution in [-0.2, 0) is 4.79 Å². The Labute approximate surface area is 122 Å². The van der Waals surface area contributed by atoms with Gasteiger partial charge in [-0.3, -0.25) is 4.79 Å². The van der Waals surface area contributed by atoms with Crippen molar-refractivity contribution in [3.8, 4) is 0 Å². The van der Waals surface area contributed by atoms with E-state index in [4.69, 9.17) is 5.73 Å². The first kappa shape index (κ1) is 18.1. The van der Waals surface area contributed by atoms with Gasteiger partial charge in [0.05, 0.1) is 5.41 Å². The first-order valence-corrected chi connectivity index (χ1v) is 7.79. The van der Waals surface area contributed by atoms with Crippen molar-refractivity contribution in [1.82, 2.24) is 4.90 Å². The first-order valence-electron chi connectivity index (χ1n) is 6.74. The van der Waals surface area contributed by atoms with Crippen LogP contribution in [0.2, 0.25) is 0 Å². The lowest BCUT2D eigenvalue weighted by atomic mass is 9.81. The summed E-state index contributed by atoms with van der Waals surface area (Å²) in [5.74, 6) is 1.35. The van der Waals surface area contributed by atoms with Crippen molar-refractivity contribution in [2.45, 2.75) is 45.3 Å². The molecule has 0 aliphatic carbocycles. The summed E-state index contributed by atoms with van der Waals surface area (Å²) in [5.41, 5.74) is 5.53. The van der Waals surface area contributed by atoms with E-state index in [1.807, 2.05) is 16.7 Å². The molecule has 5 heteroatoms. The quantitative estimate of drug-likeness (QED) is 0.847. The molecule has 1 aliphatic rings. The second kappa shape index (κ2) is 8.28. The van der Waals surface area contributed by atoms with Gasteiger partial charge in [0.2, 0.25) is 5.91 Å². The second-order valence-corrected chi connectivity index (χ2v) is 6.25. The maximum atomic E-state index is 12.6. The Bertz CT molecular complexity index is 251. The van der Waals surface area contributed by atoms with E-state index in [0.717, 1.165) is 38.1 Å². The Morgan fingerprint density at radius 2 is 2.00 bits per heavy atom. The van der Waals surface area contributed by atoms with E-state index in [1.165, 1.54) is 0 Å². The van der Waals surface area contributed by atoms with Crippen molar-refractivity contribution >= 4 is 30.1 Å². The first-order chi connectivity index (χ1) is 8.13. The molecule has 1 saturated heterocycles. The van der Waals surface area contributed by atoms with Crippen LogP contribution in [0, 0.1) is 5.41 Å². The molecule has 0 aromatic carbocycles. The highest BCUT2D eigenvalue weighted by Gasteiger charge is 2.38. The lowest BCUT2D eigenvalue weighted by Gasteiger charge is -2.39. The molecule has 0 radical (unpaired) electrons. The predicted octanol–water partition coefficient (Wildman–Crippen LogP) is 2.53. The highest BCUT2D eigenvalue weighted by atomic mass is 35.5. The molecule has 1 heterocycles. The Balaban J connectivity index is 0.00000289. The normalized spacial score (nSPS) is 20.4. The van der Waals surface area contributed by atoms with Crippen LogP contribution in [0.1, 0.15) is 40.0 Å². The summed E-state index contributed by atoms with van der Waals surface area (Å²) in [6.45, 7) is 8.61. The van der Waals surface area contributed by atoms with Gasteiger partial charge in [0, 0.05) is 30.6 Å². The van der Waals surface area contributed by atoms with Crippen molar-refractivity contribution in [2.24, 2.45) is 11.1 Å². The molecule has 2 N–H and O–H groups in total. The highest BCUT2D eigenvalue weighted by Crippen LogP contribution is 2.30. The third-order valence-electron chi connectivity index (χ3n) is 4.08. The van der Waals surface area contributed by atoms with E-state index in [9.17, 15) is 4.79 Å². The van der Waals surface area contributed by atoms with Crippen LogP contribution in [0.5, 0.6) is 0 Å². The molecule has 1 amide bonds. The van der Waals surface area contributed by atoms with E-state index < -0.39 is 0 Å². The lowest BCUT2D eigenvalue weighted by Crippen LogP contribution is -2.51. The maximum Gasteiger partial charge on any atom is 0.230 e. The molecule has 0 aromatic heterocycles. The molecule has 0 aromatic rings. The summed E-state index contributed by atoms with van der Waals surface area (Å²) in [7, 11) is 0. The van der Waals surface area contributed by atoms with E-state index in [-0.39, 0.29) is 23.7 Å². The molecule has 1 fully saturated rings. The van der Waals surface area contributed by atoms with Crippen LogP contribution in [0.4, 0.5) is 0 Å². The minimum absolute atomic E-state index is 0. The number of nitrogens with two attached hydrogens (primary N) is 1. The third-order valence-corrected chi connectivity index (χ3v) is 5.45. The molecule has 0 spiro atoms. The molecule has 1 unspecified atom stereocenters. The van der Waals surface area contributed by atoms with E-state index >= 15 is 0 Å². The molecule has 1 aliphatic heterocycles. The number of halogens is 1. The molecule has 0 bridgehead atoms. The van der Waals surface area contributed by atoms with Crippen LogP contribution in [0.25, 0.3) is 0 Å². The van der Waals surface area contributed by atoms with Crippen molar-refractivity contribution < 1.29 is 4.79 Å². The standard InChI is InChI=1S/C13H26N2OS.ClH/c1-4-11-9-15(7-8-17-11)12(16)13(5-2,6-3)10-14;/h11H,4-10,14H2,1-3H3;1H. The number of hydrogen-bond donors (Lipinski definition) is 1. The van der Waals surface area contributed by atoms with E-state index in [0.29, 0.717) is 11.8 Å². The van der Waals surface area contributed by atoms with Gasteiger partial charge >= 0.3 is 0 Å². The van der Waals surface area contributed by atoms with E-state index in [1.54, 1.807) is 0 Å². The zero-order valence-electron chi connectivity index (χ0n) is 11.8. The molecule has 18 heavy (non-hydrogen) atoms. The number of nitrogens with zero attached hydrogens (tertiary/aromatic N) is 1. The third kappa shape index (κ3) is 3.78. The minimum atomic E-state index is -0.319. The van der Waals surface area contributed by atoms with Gasteiger partial charge in [-0.1, -0.05) is 20.8 Å². The van der Waals surface area contributed by atoms with Gasteiger partial charge in [0.1, 0.15) is 0 Å². The minimum Gasteiger partial charge on any atom is -0.340 e. The fourth-order valence-electron chi connectivity index (χ4n) is 2.41. The Kier molecular flexibility index (Phi) is 8.31. The molecule has 1 rings (SSSR count). The Morgan fingerprint density at radius 3 is 2.44 bits per heavy atom. The summed E-state index contributed by atoms with van der Waals surface area (Å²) < 4.78 is 0. The summed E-state index contributed by atoms with van der Waals surface area (Å²) in [6, 6.07) is 0. The molecule has 108 valence electrons. The number of hydrogen-bond acceptors (Lipinski definition) is 3. The lowest BCUT2D eigenvalue weighted by molar-refractivity contribution is -0.142. The zero-order valence-corrected chi connectivity index (χ0v) is 13.4. The van der Waals surface area contributed by atoms with Crippen LogP contribution in [0.3, 0.4) is 0 Å². The van der Waals surface area contributed by atoms with Crippen LogP contribution in [-0.4, -0.2) is 41.4 Å². The molecule has 0 saturated carbocycles. The number of amides is 1. The Hall–Kier alpha value is 0.0700. The van der Waals surface area contributed by atoms with Crippen molar-refractivity contribution in [1.29, 1.82) is 0 Å². The van der Waals surface area contributed by atoms with E-state index in [2.05, 4.69) is 20.8 Å². The summed E-state index contributed by atoms with van der Waals surface area (Å²) in [4.78, 5) is 14.7. The average molecular weight is 295 g/mol. The van der Waals surface area contributed by atoms with Crippen molar-refractivity contribution in [3.05, 3.63) is 0 Å². The number of thioether (sulfide) groups is 1. The maximum absolute atomic E-state index is 12.6. The van der Waals surface area contributed by atoms with Gasteiger partial charge in [0.25, 0.3) is 0 Å².